The van der Waals surface area contributed by atoms with Crippen LogP contribution in [0.4, 0.5) is 0 Å². The van der Waals surface area contributed by atoms with E-state index in [0.29, 0.717) is 12.8 Å². The second kappa shape index (κ2) is 5.08. The zero-order valence-electron chi connectivity index (χ0n) is 10.7. The summed E-state index contributed by atoms with van der Waals surface area (Å²) >= 11 is 0. The van der Waals surface area contributed by atoms with Crippen LogP contribution in [0.15, 0.2) is 24.3 Å². The van der Waals surface area contributed by atoms with E-state index in [-0.39, 0.29) is 0 Å². The highest BCUT2D eigenvalue weighted by Gasteiger charge is 2.37. The molecule has 0 spiro atoms. The van der Waals surface area contributed by atoms with Crippen LogP contribution in [-0.2, 0) is 11.3 Å². The summed E-state index contributed by atoms with van der Waals surface area (Å²) in [6.07, 6.45) is 1.04. The van der Waals surface area contributed by atoms with Crippen molar-refractivity contribution >= 4 is 5.97 Å². The molecule has 0 saturated carbocycles. The Morgan fingerprint density at radius 1 is 1.33 bits per heavy atom. The van der Waals surface area contributed by atoms with Crippen molar-refractivity contribution in [2.75, 3.05) is 13.1 Å². The summed E-state index contributed by atoms with van der Waals surface area (Å²) in [5, 5.41) is 9.06. The molecular weight excluding hydrogens is 228 g/mol. The van der Waals surface area contributed by atoms with Gasteiger partial charge in [0, 0.05) is 19.6 Å². The fourth-order valence-corrected chi connectivity index (χ4v) is 2.28. The van der Waals surface area contributed by atoms with Crippen LogP contribution in [0, 0.1) is 6.92 Å². The molecular formula is C14H20N2O2. The van der Waals surface area contributed by atoms with Crippen molar-refractivity contribution in [1.29, 1.82) is 0 Å². The second-order valence-corrected chi connectivity index (χ2v) is 5.22. The van der Waals surface area contributed by atoms with Gasteiger partial charge in [0.1, 0.15) is 5.54 Å². The first-order chi connectivity index (χ1) is 8.49. The van der Waals surface area contributed by atoms with Crippen LogP contribution >= 0.6 is 0 Å². The Kier molecular flexibility index (Phi) is 3.68. The monoisotopic (exact) mass is 248 g/mol. The minimum atomic E-state index is -1.02. The Bertz CT molecular complexity index is 420. The molecule has 2 rings (SSSR count). The van der Waals surface area contributed by atoms with E-state index in [1.165, 1.54) is 11.1 Å². The van der Waals surface area contributed by atoms with Gasteiger partial charge in [-0.15, -0.1) is 0 Å². The van der Waals surface area contributed by atoms with E-state index in [0.717, 1.165) is 19.6 Å². The SMILES string of the molecule is Cc1ccc(CN2CCC(N)(C(=O)O)CC2)cc1. The molecule has 4 heteroatoms. The van der Waals surface area contributed by atoms with Crippen molar-refractivity contribution in [3.8, 4) is 0 Å². The predicted molar refractivity (Wildman–Crippen MR) is 70.2 cm³/mol. The summed E-state index contributed by atoms with van der Waals surface area (Å²) in [7, 11) is 0. The lowest BCUT2D eigenvalue weighted by atomic mass is 9.88. The first kappa shape index (κ1) is 13.1. The lowest BCUT2D eigenvalue weighted by Gasteiger charge is -2.36. The number of carboxylic acids is 1. The normalized spacial score (nSPS) is 19.7. The number of benzene rings is 1. The van der Waals surface area contributed by atoms with Crippen molar-refractivity contribution in [3.05, 3.63) is 35.4 Å². The quantitative estimate of drug-likeness (QED) is 0.848. The molecule has 3 N–H and O–H groups in total. The highest BCUT2D eigenvalue weighted by atomic mass is 16.4. The zero-order valence-corrected chi connectivity index (χ0v) is 10.7. The van der Waals surface area contributed by atoms with Crippen LogP contribution in [0.1, 0.15) is 24.0 Å². The van der Waals surface area contributed by atoms with E-state index in [2.05, 4.69) is 36.1 Å². The van der Waals surface area contributed by atoms with Crippen molar-refractivity contribution in [2.24, 2.45) is 5.73 Å². The van der Waals surface area contributed by atoms with Crippen LogP contribution in [0.5, 0.6) is 0 Å². The molecule has 0 amide bonds. The minimum Gasteiger partial charge on any atom is -0.480 e. The van der Waals surface area contributed by atoms with Crippen molar-refractivity contribution in [1.82, 2.24) is 4.90 Å². The van der Waals surface area contributed by atoms with Gasteiger partial charge < -0.3 is 10.8 Å². The molecule has 1 aromatic rings. The predicted octanol–water partition coefficient (Wildman–Crippen LogP) is 1.37. The van der Waals surface area contributed by atoms with Gasteiger partial charge in [-0.3, -0.25) is 9.69 Å². The molecule has 0 radical (unpaired) electrons. The molecule has 1 heterocycles. The van der Waals surface area contributed by atoms with Crippen LogP contribution in [0.25, 0.3) is 0 Å². The van der Waals surface area contributed by atoms with Gasteiger partial charge in [0.2, 0.25) is 0 Å². The minimum absolute atomic E-state index is 0.522. The number of rotatable bonds is 3. The molecule has 18 heavy (non-hydrogen) atoms. The number of nitrogens with zero attached hydrogens (tertiary/aromatic N) is 1. The van der Waals surface area contributed by atoms with E-state index < -0.39 is 11.5 Å². The Hall–Kier alpha value is -1.39. The van der Waals surface area contributed by atoms with Crippen molar-refractivity contribution in [2.45, 2.75) is 31.8 Å². The standard InChI is InChI=1S/C14H20N2O2/c1-11-2-4-12(5-3-11)10-16-8-6-14(15,7-9-16)13(17)18/h2-5H,6-10,15H2,1H3,(H,17,18). The Labute approximate surface area is 107 Å². The molecule has 0 aromatic heterocycles. The highest BCUT2D eigenvalue weighted by Crippen LogP contribution is 2.21. The molecule has 1 saturated heterocycles. The smallest absolute Gasteiger partial charge is 0.323 e. The number of carboxylic acid groups (broad SMARTS) is 1. The van der Waals surface area contributed by atoms with Gasteiger partial charge in [-0.25, -0.2) is 0 Å². The van der Waals surface area contributed by atoms with Crippen LogP contribution in [-0.4, -0.2) is 34.6 Å². The number of carbonyl (C=O) groups is 1. The van der Waals surface area contributed by atoms with Crippen LogP contribution in [0.3, 0.4) is 0 Å². The van der Waals surface area contributed by atoms with Gasteiger partial charge in [0.15, 0.2) is 0 Å². The van der Waals surface area contributed by atoms with E-state index in [1.54, 1.807) is 0 Å². The number of hydrogen-bond donors (Lipinski definition) is 2. The first-order valence-corrected chi connectivity index (χ1v) is 6.30. The molecule has 0 unspecified atom stereocenters. The third-order valence-electron chi connectivity index (χ3n) is 3.70. The summed E-state index contributed by atoms with van der Waals surface area (Å²) in [4.78, 5) is 13.3. The summed E-state index contributed by atoms with van der Waals surface area (Å²) < 4.78 is 0. The molecule has 1 fully saturated rings. The van der Waals surface area contributed by atoms with Crippen molar-refractivity contribution in [3.63, 3.8) is 0 Å². The fourth-order valence-electron chi connectivity index (χ4n) is 2.28. The van der Waals surface area contributed by atoms with Crippen molar-refractivity contribution < 1.29 is 9.90 Å². The third-order valence-corrected chi connectivity index (χ3v) is 3.70. The van der Waals surface area contributed by atoms with Gasteiger partial charge in [0.05, 0.1) is 0 Å². The Morgan fingerprint density at radius 2 is 1.89 bits per heavy atom. The Balaban J connectivity index is 1.91. The molecule has 1 aromatic carbocycles. The average molecular weight is 248 g/mol. The Morgan fingerprint density at radius 3 is 2.39 bits per heavy atom. The molecule has 4 nitrogen and oxygen atoms in total. The van der Waals surface area contributed by atoms with Gasteiger partial charge in [-0.1, -0.05) is 29.8 Å². The maximum absolute atomic E-state index is 11.0. The molecule has 0 aliphatic carbocycles. The first-order valence-electron chi connectivity index (χ1n) is 6.30. The number of aliphatic carboxylic acids is 1. The van der Waals surface area contributed by atoms with Crippen LogP contribution < -0.4 is 5.73 Å². The van der Waals surface area contributed by atoms with Gasteiger partial charge in [-0.05, 0) is 25.3 Å². The van der Waals surface area contributed by atoms with E-state index in [4.69, 9.17) is 10.8 Å². The summed E-state index contributed by atoms with van der Waals surface area (Å²) in [6, 6.07) is 8.45. The number of aryl methyl sites for hydroxylation is 1. The number of piperidine rings is 1. The van der Waals surface area contributed by atoms with Gasteiger partial charge >= 0.3 is 5.97 Å². The lowest BCUT2D eigenvalue weighted by molar-refractivity contribution is -0.145. The molecule has 0 bridgehead atoms. The zero-order chi connectivity index (χ0) is 13.2. The number of likely N-dealkylation sites (tertiary alicyclic amines) is 1. The molecule has 0 atom stereocenters. The summed E-state index contributed by atoms with van der Waals surface area (Å²) in [6.45, 7) is 4.43. The van der Waals surface area contributed by atoms with E-state index in [9.17, 15) is 4.79 Å². The maximum atomic E-state index is 11.0. The number of hydrogen-bond acceptors (Lipinski definition) is 3. The topological polar surface area (TPSA) is 66.6 Å². The summed E-state index contributed by atoms with van der Waals surface area (Å²) in [5.74, 6) is -0.877. The molecule has 1 aliphatic rings. The van der Waals surface area contributed by atoms with E-state index >= 15 is 0 Å². The fraction of sp³-hybridized carbons (Fsp3) is 0.500. The molecule has 1 aliphatic heterocycles. The van der Waals surface area contributed by atoms with Gasteiger partial charge in [-0.2, -0.15) is 0 Å². The van der Waals surface area contributed by atoms with E-state index in [1.807, 2.05) is 0 Å². The second-order valence-electron chi connectivity index (χ2n) is 5.22. The maximum Gasteiger partial charge on any atom is 0.323 e. The molecule has 98 valence electrons. The van der Waals surface area contributed by atoms with Gasteiger partial charge in [0.25, 0.3) is 0 Å². The third kappa shape index (κ3) is 2.89. The van der Waals surface area contributed by atoms with Crippen LogP contribution in [0.2, 0.25) is 0 Å². The average Bonchev–Trinajstić information content (AvgIpc) is 2.35. The largest absolute Gasteiger partial charge is 0.480 e. The number of nitrogens with two attached hydrogens (primary N) is 1. The highest BCUT2D eigenvalue weighted by molar-refractivity contribution is 5.78. The summed E-state index contributed by atoms with van der Waals surface area (Å²) in [5.41, 5.74) is 7.35. The lowest BCUT2D eigenvalue weighted by Crippen LogP contribution is -2.55.